The van der Waals surface area contributed by atoms with Crippen LogP contribution in [0.3, 0.4) is 0 Å². The third kappa shape index (κ3) is 4.03. The van der Waals surface area contributed by atoms with Gasteiger partial charge in [0.05, 0.1) is 17.6 Å². The second-order valence-electron chi connectivity index (χ2n) is 3.25. The zero-order valence-electron chi connectivity index (χ0n) is 8.34. The number of halogens is 3. The molecule has 5 heteroatoms. The molecule has 0 fully saturated rings. The maximum Gasteiger partial charge on any atom is 0.416 e. The van der Waals surface area contributed by atoms with Crippen LogP contribution in [0.5, 0.6) is 5.75 Å². The van der Waals surface area contributed by atoms with Crippen molar-refractivity contribution in [1.29, 1.82) is 0 Å². The highest BCUT2D eigenvalue weighted by molar-refractivity contribution is 7.95. The fraction of sp³-hybridized carbons (Fsp3) is 0.400. The minimum Gasteiger partial charge on any atom is -0.426 e. The number of rotatable bonds is 3. The van der Waals surface area contributed by atoms with Crippen molar-refractivity contribution < 1.29 is 17.4 Å². The van der Waals surface area contributed by atoms with Gasteiger partial charge in [0, 0.05) is 5.25 Å². The van der Waals surface area contributed by atoms with Gasteiger partial charge in [-0.25, -0.2) is 0 Å². The van der Waals surface area contributed by atoms with E-state index in [9.17, 15) is 13.2 Å². The first-order valence-electron chi connectivity index (χ1n) is 4.40. The summed E-state index contributed by atoms with van der Waals surface area (Å²) in [6.07, 6.45) is -4.32. The Morgan fingerprint density at radius 3 is 2.47 bits per heavy atom. The Bertz CT molecular complexity index is 323. The van der Waals surface area contributed by atoms with Gasteiger partial charge >= 0.3 is 6.18 Å². The second kappa shape index (κ2) is 4.79. The molecule has 0 heterocycles. The molecule has 0 saturated heterocycles. The number of alkyl halides is 3. The lowest BCUT2D eigenvalue weighted by Crippen LogP contribution is -2.04. The van der Waals surface area contributed by atoms with Crippen LogP contribution < -0.4 is 4.18 Å². The molecule has 0 aliphatic carbocycles. The molecule has 1 nitrogen and oxygen atoms in total. The van der Waals surface area contributed by atoms with Crippen LogP contribution in [-0.4, -0.2) is 5.25 Å². The van der Waals surface area contributed by atoms with Crippen LogP contribution in [0.4, 0.5) is 13.2 Å². The monoisotopic (exact) mass is 236 g/mol. The van der Waals surface area contributed by atoms with E-state index in [1.165, 1.54) is 12.1 Å². The van der Waals surface area contributed by atoms with Crippen molar-refractivity contribution in [2.45, 2.75) is 25.3 Å². The molecule has 15 heavy (non-hydrogen) atoms. The van der Waals surface area contributed by atoms with E-state index in [4.69, 9.17) is 4.18 Å². The zero-order valence-corrected chi connectivity index (χ0v) is 9.15. The van der Waals surface area contributed by atoms with E-state index in [0.29, 0.717) is 0 Å². The van der Waals surface area contributed by atoms with Crippen LogP contribution in [0, 0.1) is 0 Å². The highest BCUT2D eigenvalue weighted by Gasteiger charge is 2.30. The van der Waals surface area contributed by atoms with Gasteiger partial charge in [0.25, 0.3) is 0 Å². The van der Waals surface area contributed by atoms with Gasteiger partial charge in [-0.05, 0) is 18.2 Å². The topological polar surface area (TPSA) is 9.23 Å². The number of hydrogen-bond acceptors (Lipinski definition) is 2. The molecule has 0 aliphatic rings. The van der Waals surface area contributed by atoms with Crippen molar-refractivity contribution in [1.82, 2.24) is 0 Å². The van der Waals surface area contributed by atoms with Crippen molar-refractivity contribution in [3.63, 3.8) is 0 Å². The Labute approximate surface area is 90.8 Å². The quantitative estimate of drug-likeness (QED) is 0.729. The third-order valence-corrected chi connectivity index (χ3v) is 2.17. The minimum atomic E-state index is -4.32. The van der Waals surface area contributed by atoms with E-state index in [1.54, 1.807) is 0 Å². The molecule has 0 aliphatic heterocycles. The van der Waals surface area contributed by atoms with E-state index in [-0.39, 0.29) is 11.0 Å². The van der Waals surface area contributed by atoms with Crippen LogP contribution in [0.15, 0.2) is 24.3 Å². The smallest absolute Gasteiger partial charge is 0.416 e. The number of benzene rings is 1. The van der Waals surface area contributed by atoms with Gasteiger partial charge in [-0.15, -0.1) is 0 Å². The van der Waals surface area contributed by atoms with E-state index in [1.807, 2.05) is 13.8 Å². The highest BCUT2D eigenvalue weighted by Crippen LogP contribution is 2.32. The van der Waals surface area contributed by atoms with E-state index in [2.05, 4.69) is 0 Å². The molecular weight excluding hydrogens is 225 g/mol. The van der Waals surface area contributed by atoms with Crippen LogP contribution in [0.25, 0.3) is 0 Å². The lowest BCUT2D eigenvalue weighted by atomic mass is 10.2. The summed E-state index contributed by atoms with van der Waals surface area (Å²) in [7, 11) is 0. The lowest BCUT2D eigenvalue weighted by Gasteiger charge is -2.09. The van der Waals surface area contributed by atoms with Crippen molar-refractivity contribution in [2.24, 2.45) is 0 Å². The molecule has 0 N–H and O–H groups in total. The third-order valence-electron chi connectivity index (χ3n) is 1.50. The Morgan fingerprint density at radius 1 is 1.27 bits per heavy atom. The van der Waals surface area contributed by atoms with Gasteiger partial charge in [0.15, 0.2) is 0 Å². The molecular formula is C10H11F3OS. The molecule has 0 saturated carbocycles. The first-order chi connectivity index (χ1) is 6.89. The maximum atomic E-state index is 12.3. The molecule has 0 spiro atoms. The van der Waals surface area contributed by atoms with Crippen molar-refractivity contribution >= 4 is 12.0 Å². The van der Waals surface area contributed by atoms with Gasteiger partial charge in [-0.2, -0.15) is 13.2 Å². The van der Waals surface area contributed by atoms with Crippen molar-refractivity contribution in [3.05, 3.63) is 29.8 Å². The summed E-state index contributed by atoms with van der Waals surface area (Å²) in [4.78, 5) is 0. The molecule has 0 atom stereocenters. The molecule has 0 bridgehead atoms. The molecule has 84 valence electrons. The van der Waals surface area contributed by atoms with Gasteiger partial charge in [-0.1, -0.05) is 19.9 Å². The lowest BCUT2D eigenvalue weighted by molar-refractivity contribution is -0.137. The maximum absolute atomic E-state index is 12.3. The van der Waals surface area contributed by atoms with Gasteiger partial charge in [-0.3, -0.25) is 0 Å². The molecule has 0 unspecified atom stereocenters. The Morgan fingerprint density at radius 2 is 1.93 bits per heavy atom. The minimum absolute atomic E-state index is 0.208. The highest BCUT2D eigenvalue weighted by atomic mass is 32.2. The first-order valence-corrected chi connectivity index (χ1v) is 5.20. The van der Waals surface area contributed by atoms with Gasteiger partial charge in [0.1, 0.15) is 5.75 Å². The molecule has 0 amide bonds. The van der Waals surface area contributed by atoms with Crippen LogP contribution >= 0.6 is 12.0 Å². The van der Waals surface area contributed by atoms with Crippen LogP contribution in [-0.2, 0) is 6.18 Å². The van der Waals surface area contributed by atoms with Gasteiger partial charge < -0.3 is 4.18 Å². The SMILES string of the molecule is CC(C)SOc1cccc(C(F)(F)F)c1. The number of hydrogen-bond donors (Lipinski definition) is 0. The van der Waals surface area contributed by atoms with Crippen molar-refractivity contribution in [2.75, 3.05) is 0 Å². The summed E-state index contributed by atoms with van der Waals surface area (Å²) >= 11 is 1.14. The fourth-order valence-electron chi connectivity index (χ4n) is 0.876. The molecule has 1 aromatic rings. The molecule has 0 aromatic heterocycles. The Hall–Kier alpha value is -0.840. The predicted octanol–water partition coefficient (Wildman–Crippen LogP) is 4.14. The first kappa shape index (κ1) is 12.2. The summed E-state index contributed by atoms with van der Waals surface area (Å²) in [5.74, 6) is 0.225. The Kier molecular flexibility index (Phi) is 3.90. The van der Waals surface area contributed by atoms with E-state index in [0.717, 1.165) is 24.2 Å². The second-order valence-corrected chi connectivity index (χ2v) is 4.56. The average molecular weight is 236 g/mol. The molecule has 0 radical (unpaired) electrons. The van der Waals surface area contributed by atoms with Crippen LogP contribution in [0.1, 0.15) is 19.4 Å². The molecule has 1 rings (SSSR count). The van der Waals surface area contributed by atoms with E-state index < -0.39 is 11.7 Å². The van der Waals surface area contributed by atoms with Gasteiger partial charge in [0.2, 0.25) is 0 Å². The Balaban J connectivity index is 2.75. The van der Waals surface area contributed by atoms with Crippen LogP contribution in [0.2, 0.25) is 0 Å². The standard InChI is InChI=1S/C10H11F3OS/c1-7(2)15-14-9-5-3-4-8(6-9)10(11,12)13/h3-7H,1-2H3. The summed E-state index contributed by atoms with van der Waals surface area (Å²) < 4.78 is 42.0. The van der Waals surface area contributed by atoms with E-state index >= 15 is 0 Å². The average Bonchev–Trinajstić information content (AvgIpc) is 2.14. The summed E-state index contributed by atoms with van der Waals surface area (Å²) in [5, 5.41) is 0.208. The normalized spacial score (nSPS) is 11.9. The summed E-state index contributed by atoms with van der Waals surface area (Å²) in [5.41, 5.74) is -0.690. The zero-order chi connectivity index (χ0) is 11.5. The van der Waals surface area contributed by atoms with Crippen molar-refractivity contribution in [3.8, 4) is 5.75 Å². The molecule has 1 aromatic carbocycles. The fourth-order valence-corrected chi connectivity index (χ4v) is 1.28. The summed E-state index contributed by atoms with van der Waals surface area (Å²) in [6, 6.07) is 4.85. The largest absolute Gasteiger partial charge is 0.426 e. The summed E-state index contributed by atoms with van der Waals surface area (Å²) in [6.45, 7) is 3.80. The predicted molar refractivity (Wildman–Crippen MR) is 54.8 cm³/mol.